The first-order valence-electron chi connectivity index (χ1n) is 8.45. The first-order valence-corrected chi connectivity index (χ1v) is 8.45. The van der Waals surface area contributed by atoms with E-state index < -0.39 is 0 Å². The molecule has 1 saturated carbocycles. The average Bonchev–Trinajstić information content (AvgIpc) is 3.38. The van der Waals surface area contributed by atoms with Gasteiger partial charge in [0.05, 0.1) is 26.2 Å². The van der Waals surface area contributed by atoms with E-state index in [1.54, 1.807) is 23.1 Å². The topological polar surface area (TPSA) is 53.9 Å². The lowest BCUT2D eigenvalue weighted by Crippen LogP contribution is -3.15. The van der Waals surface area contributed by atoms with E-state index in [4.69, 9.17) is 0 Å². The molecule has 1 aromatic carbocycles. The maximum atomic E-state index is 12.8. The van der Waals surface area contributed by atoms with Gasteiger partial charge in [-0.05, 0) is 36.6 Å². The van der Waals surface area contributed by atoms with Gasteiger partial charge in [0.1, 0.15) is 5.82 Å². The molecule has 6 heteroatoms. The van der Waals surface area contributed by atoms with E-state index in [2.05, 4.69) is 5.32 Å². The van der Waals surface area contributed by atoms with Crippen molar-refractivity contribution in [2.24, 2.45) is 0 Å². The Hall–Kier alpha value is -2.21. The summed E-state index contributed by atoms with van der Waals surface area (Å²) < 4.78 is 12.8. The molecule has 0 radical (unpaired) electrons. The molecule has 24 heavy (non-hydrogen) atoms. The van der Waals surface area contributed by atoms with Crippen molar-refractivity contribution in [3.05, 3.63) is 41.7 Å². The quantitative estimate of drug-likeness (QED) is 0.737. The number of piperazine rings is 1. The number of hydrogen-bond acceptors (Lipinski definition) is 2. The molecule has 2 aliphatic rings. The third-order valence-electron chi connectivity index (χ3n) is 4.42. The Balaban J connectivity index is 1.42. The minimum Gasteiger partial charge on any atom is -0.348 e. The van der Waals surface area contributed by atoms with Gasteiger partial charge in [0.2, 0.25) is 5.91 Å². The van der Waals surface area contributed by atoms with Crippen LogP contribution in [0.5, 0.6) is 0 Å². The van der Waals surface area contributed by atoms with Crippen LogP contribution in [0.1, 0.15) is 18.4 Å². The molecule has 2 fully saturated rings. The molecule has 1 saturated heterocycles. The van der Waals surface area contributed by atoms with E-state index in [1.165, 1.54) is 23.1 Å². The molecular formula is C18H23FN3O2+. The summed E-state index contributed by atoms with van der Waals surface area (Å²) in [6.45, 7) is 3.36. The number of amides is 2. The van der Waals surface area contributed by atoms with E-state index in [-0.39, 0.29) is 17.6 Å². The highest BCUT2D eigenvalue weighted by molar-refractivity contribution is 5.91. The third-order valence-corrected chi connectivity index (χ3v) is 4.42. The van der Waals surface area contributed by atoms with Crippen LogP contribution in [0, 0.1) is 5.82 Å². The molecule has 3 rings (SSSR count). The summed E-state index contributed by atoms with van der Waals surface area (Å²) in [4.78, 5) is 27.0. The van der Waals surface area contributed by atoms with Crippen LogP contribution in [0.4, 0.5) is 4.39 Å². The zero-order valence-electron chi connectivity index (χ0n) is 13.6. The Kier molecular flexibility index (Phi) is 5.25. The van der Waals surface area contributed by atoms with E-state index in [0.29, 0.717) is 25.7 Å². The number of carbonyl (C=O) groups is 2. The van der Waals surface area contributed by atoms with Gasteiger partial charge in [-0.3, -0.25) is 9.59 Å². The Labute approximate surface area is 141 Å². The maximum absolute atomic E-state index is 12.8. The Bertz CT molecular complexity index is 618. The number of rotatable bonds is 5. The summed E-state index contributed by atoms with van der Waals surface area (Å²) in [7, 11) is 0. The van der Waals surface area contributed by atoms with Gasteiger partial charge in [0, 0.05) is 12.1 Å². The predicted molar refractivity (Wildman–Crippen MR) is 88.7 cm³/mol. The van der Waals surface area contributed by atoms with Crippen molar-refractivity contribution in [1.82, 2.24) is 10.2 Å². The van der Waals surface area contributed by atoms with Crippen LogP contribution < -0.4 is 10.2 Å². The van der Waals surface area contributed by atoms with Crippen LogP contribution in [0.2, 0.25) is 0 Å². The lowest BCUT2D eigenvalue weighted by molar-refractivity contribution is -0.896. The molecule has 1 heterocycles. The molecule has 0 aromatic heterocycles. The predicted octanol–water partition coefficient (Wildman–Crippen LogP) is -0.155. The molecule has 2 N–H and O–H groups in total. The van der Waals surface area contributed by atoms with Gasteiger partial charge in [-0.25, -0.2) is 4.39 Å². The summed E-state index contributed by atoms with van der Waals surface area (Å²) >= 11 is 0. The number of nitrogens with zero attached hydrogens (tertiary/aromatic N) is 1. The number of nitrogens with one attached hydrogen (secondary N) is 2. The number of quaternary nitrogens is 1. The van der Waals surface area contributed by atoms with Crippen LogP contribution in [-0.4, -0.2) is 55.5 Å². The first-order chi connectivity index (χ1) is 11.6. The van der Waals surface area contributed by atoms with Gasteiger partial charge < -0.3 is 15.1 Å². The van der Waals surface area contributed by atoms with Gasteiger partial charge >= 0.3 is 0 Å². The summed E-state index contributed by atoms with van der Waals surface area (Å²) in [6, 6.07) is 6.42. The Morgan fingerprint density at radius 2 is 1.88 bits per heavy atom. The van der Waals surface area contributed by atoms with Gasteiger partial charge in [-0.2, -0.15) is 0 Å². The number of benzene rings is 1. The fourth-order valence-electron chi connectivity index (χ4n) is 2.80. The minimum absolute atomic E-state index is 0.0409. The second kappa shape index (κ2) is 7.57. The van der Waals surface area contributed by atoms with E-state index in [9.17, 15) is 14.0 Å². The van der Waals surface area contributed by atoms with Gasteiger partial charge in [0.15, 0.2) is 6.54 Å². The van der Waals surface area contributed by atoms with Gasteiger partial charge in [-0.15, -0.1) is 0 Å². The third kappa shape index (κ3) is 4.89. The molecule has 0 spiro atoms. The lowest BCUT2D eigenvalue weighted by Gasteiger charge is -2.31. The average molecular weight is 332 g/mol. The van der Waals surface area contributed by atoms with Crippen molar-refractivity contribution in [2.45, 2.75) is 18.9 Å². The highest BCUT2D eigenvalue weighted by Gasteiger charge is 2.27. The van der Waals surface area contributed by atoms with Crippen LogP contribution in [0.25, 0.3) is 6.08 Å². The second-order valence-electron chi connectivity index (χ2n) is 6.48. The highest BCUT2D eigenvalue weighted by atomic mass is 19.1. The zero-order chi connectivity index (χ0) is 16.9. The van der Waals surface area contributed by atoms with E-state index in [0.717, 1.165) is 31.5 Å². The van der Waals surface area contributed by atoms with Gasteiger partial charge in [-0.1, -0.05) is 12.1 Å². The van der Waals surface area contributed by atoms with Crippen molar-refractivity contribution < 1.29 is 18.9 Å². The molecule has 0 unspecified atom stereocenters. The maximum Gasteiger partial charge on any atom is 0.275 e. The SMILES string of the molecule is O=C(C[NH+]1CCN(C(=O)/C=C/c2ccc(F)cc2)CC1)NC1CC1. The van der Waals surface area contributed by atoms with Crippen LogP contribution in [-0.2, 0) is 9.59 Å². The first kappa shape index (κ1) is 16.6. The molecule has 1 aliphatic heterocycles. The molecule has 2 amide bonds. The summed E-state index contributed by atoms with van der Waals surface area (Å²) in [6.07, 6.45) is 5.43. The summed E-state index contributed by atoms with van der Waals surface area (Å²) in [5.41, 5.74) is 0.797. The molecular weight excluding hydrogens is 309 g/mol. The smallest absolute Gasteiger partial charge is 0.275 e. The minimum atomic E-state index is -0.289. The van der Waals surface area contributed by atoms with Crippen molar-refractivity contribution in [3.63, 3.8) is 0 Å². The molecule has 5 nitrogen and oxygen atoms in total. The molecule has 128 valence electrons. The zero-order valence-corrected chi connectivity index (χ0v) is 13.6. The van der Waals surface area contributed by atoms with Crippen molar-refractivity contribution in [2.75, 3.05) is 32.7 Å². The van der Waals surface area contributed by atoms with Gasteiger partial charge in [0.25, 0.3) is 5.91 Å². The molecule has 1 aliphatic carbocycles. The van der Waals surface area contributed by atoms with Crippen LogP contribution in [0.15, 0.2) is 30.3 Å². The fraction of sp³-hybridized carbons (Fsp3) is 0.444. The normalized spacial score (nSPS) is 18.8. The fourth-order valence-corrected chi connectivity index (χ4v) is 2.80. The number of carbonyl (C=O) groups excluding carboxylic acids is 2. The van der Waals surface area contributed by atoms with Crippen molar-refractivity contribution in [1.29, 1.82) is 0 Å². The Morgan fingerprint density at radius 3 is 2.50 bits per heavy atom. The van der Waals surface area contributed by atoms with Crippen molar-refractivity contribution in [3.8, 4) is 0 Å². The summed E-state index contributed by atoms with van der Waals surface area (Å²) in [5.74, 6) is -0.215. The van der Waals surface area contributed by atoms with Crippen molar-refractivity contribution >= 4 is 17.9 Å². The van der Waals surface area contributed by atoms with E-state index >= 15 is 0 Å². The van der Waals surface area contributed by atoms with Crippen LogP contribution in [0.3, 0.4) is 0 Å². The summed E-state index contributed by atoms with van der Waals surface area (Å²) in [5, 5.41) is 3.00. The molecule has 0 bridgehead atoms. The van der Waals surface area contributed by atoms with E-state index in [1.807, 2.05) is 0 Å². The number of halogens is 1. The lowest BCUT2D eigenvalue weighted by atomic mass is 10.2. The molecule has 0 atom stereocenters. The standard InChI is InChI=1S/C18H22FN3O2/c19-15-4-1-14(2-5-15)3-8-18(24)22-11-9-21(10-12-22)13-17(23)20-16-6-7-16/h1-5,8,16H,6-7,9-13H2,(H,20,23)/p+1/b8-3+. The molecule has 1 aromatic rings. The second-order valence-corrected chi connectivity index (χ2v) is 6.48. The monoisotopic (exact) mass is 332 g/mol. The Morgan fingerprint density at radius 1 is 1.21 bits per heavy atom. The largest absolute Gasteiger partial charge is 0.348 e. The number of hydrogen-bond donors (Lipinski definition) is 2. The van der Waals surface area contributed by atoms with Crippen LogP contribution >= 0.6 is 0 Å². The highest BCUT2D eigenvalue weighted by Crippen LogP contribution is 2.18.